The minimum absolute atomic E-state index is 0.0278. The lowest BCUT2D eigenvalue weighted by molar-refractivity contribution is 0.0687. The summed E-state index contributed by atoms with van der Waals surface area (Å²) in [5, 5.41) is 13.3. The molecule has 0 saturated heterocycles. The van der Waals surface area contributed by atoms with Crippen molar-refractivity contribution < 1.29 is 18.3 Å². The van der Waals surface area contributed by atoms with Gasteiger partial charge in [-0.25, -0.2) is 13.2 Å². The molecule has 8 heteroatoms. The van der Waals surface area contributed by atoms with E-state index in [1.54, 1.807) is 25.2 Å². The maximum absolute atomic E-state index is 12.9. The third kappa shape index (κ3) is 2.61. The molecule has 1 aliphatic heterocycles. The molecule has 3 rings (SSSR count). The zero-order chi connectivity index (χ0) is 17.6. The molecule has 0 bridgehead atoms. The molecule has 0 atom stereocenters. The summed E-state index contributed by atoms with van der Waals surface area (Å²) in [6.45, 7) is 4.13. The van der Waals surface area contributed by atoms with Gasteiger partial charge in [-0.3, -0.25) is 4.68 Å². The SMILES string of the molecule is Cc1ccc(S(=O)(=O)N2CCc3c(c(C(=O)O)nn3C)C2)cc1C. The molecule has 24 heavy (non-hydrogen) atoms. The van der Waals surface area contributed by atoms with Crippen LogP contribution in [-0.2, 0) is 30.0 Å². The Bertz CT molecular complexity index is 931. The predicted molar refractivity (Wildman–Crippen MR) is 87.4 cm³/mol. The second kappa shape index (κ2) is 5.71. The van der Waals surface area contributed by atoms with Gasteiger partial charge in [0.05, 0.1) is 4.90 Å². The van der Waals surface area contributed by atoms with Crippen LogP contribution >= 0.6 is 0 Å². The highest BCUT2D eigenvalue weighted by atomic mass is 32.2. The molecular formula is C16H19N3O4S. The van der Waals surface area contributed by atoms with E-state index in [-0.39, 0.29) is 17.1 Å². The number of carboxylic acid groups (broad SMARTS) is 1. The fourth-order valence-electron chi connectivity index (χ4n) is 2.97. The summed E-state index contributed by atoms with van der Waals surface area (Å²) < 4.78 is 28.7. The first-order chi connectivity index (χ1) is 11.2. The lowest BCUT2D eigenvalue weighted by Gasteiger charge is -2.27. The molecule has 128 valence electrons. The molecule has 2 aromatic rings. The van der Waals surface area contributed by atoms with E-state index in [9.17, 15) is 18.3 Å². The second-order valence-electron chi connectivity index (χ2n) is 6.04. The highest BCUT2D eigenvalue weighted by molar-refractivity contribution is 7.89. The lowest BCUT2D eigenvalue weighted by atomic mass is 10.1. The summed E-state index contributed by atoms with van der Waals surface area (Å²) in [5.74, 6) is -1.14. The van der Waals surface area contributed by atoms with E-state index in [1.165, 1.54) is 8.99 Å². The highest BCUT2D eigenvalue weighted by Crippen LogP contribution is 2.27. The number of rotatable bonds is 3. The van der Waals surface area contributed by atoms with Crippen LogP contribution < -0.4 is 0 Å². The number of benzene rings is 1. The van der Waals surface area contributed by atoms with Gasteiger partial charge in [0.15, 0.2) is 5.69 Å². The zero-order valence-corrected chi connectivity index (χ0v) is 14.6. The third-order valence-corrected chi connectivity index (χ3v) is 6.37. The Balaban J connectivity index is 2.00. The van der Waals surface area contributed by atoms with Gasteiger partial charge in [-0.05, 0) is 37.1 Å². The van der Waals surface area contributed by atoms with Gasteiger partial charge in [-0.2, -0.15) is 9.40 Å². The molecule has 0 spiro atoms. The number of aromatic nitrogens is 2. The number of sulfonamides is 1. The van der Waals surface area contributed by atoms with E-state index >= 15 is 0 Å². The maximum Gasteiger partial charge on any atom is 0.356 e. The van der Waals surface area contributed by atoms with Crippen molar-refractivity contribution in [3.8, 4) is 0 Å². The molecular weight excluding hydrogens is 330 g/mol. The largest absolute Gasteiger partial charge is 0.476 e. The van der Waals surface area contributed by atoms with Gasteiger partial charge in [0.25, 0.3) is 0 Å². The Kier molecular flexibility index (Phi) is 3.97. The summed E-state index contributed by atoms with van der Waals surface area (Å²) in [4.78, 5) is 11.6. The number of hydrogen-bond acceptors (Lipinski definition) is 4. The number of aromatic carboxylic acids is 1. The summed E-state index contributed by atoms with van der Waals surface area (Å²) in [6, 6.07) is 5.03. The van der Waals surface area contributed by atoms with Crippen LogP contribution in [0.1, 0.15) is 32.9 Å². The molecule has 0 unspecified atom stereocenters. The molecule has 0 aliphatic carbocycles. The average molecular weight is 349 g/mol. The minimum Gasteiger partial charge on any atom is -0.476 e. The van der Waals surface area contributed by atoms with Crippen molar-refractivity contribution in [2.24, 2.45) is 7.05 Å². The molecule has 7 nitrogen and oxygen atoms in total. The van der Waals surface area contributed by atoms with Gasteiger partial charge in [0, 0.05) is 37.8 Å². The minimum atomic E-state index is -3.67. The van der Waals surface area contributed by atoms with Crippen LogP contribution in [0.25, 0.3) is 0 Å². The van der Waals surface area contributed by atoms with Crippen LogP contribution in [0, 0.1) is 13.8 Å². The first kappa shape index (κ1) is 16.7. The first-order valence-corrected chi connectivity index (χ1v) is 9.01. The normalized spacial score (nSPS) is 15.3. The van der Waals surface area contributed by atoms with Gasteiger partial charge < -0.3 is 5.11 Å². The molecule has 0 radical (unpaired) electrons. The van der Waals surface area contributed by atoms with Gasteiger partial charge in [-0.1, -0.05) is 6.07 Å². The number of carbonyl (C=O) groups is 1. The fourth-order valence-corrected chi connectivity index (χ4v) is 4.46. The van der Waals surface area contributed by atoms with Crippen LogP contribution in [0.5, 0.6) is 0 Å². The molecule has 0 saturated carbocycles. The monoisotopic (exact) mass is 349 g/mol. The van der Waals surface area contributed by atoms with Crippen molar-refractivity contribution in [3.63, 3.8) is 0 Å². The van der Waals surface area contributed by atoms with Crippen LogP contribution in [0.15, 0.2) is 23.1 Å². The summed E-state index contributed by atoms with van der Waals surface area (Å²) >= 11 is 0. The van der Waals surface area contributed by atoms with E-state index < -0.39 is 16.0 Å². The predicted octanol–water partition coefficient (Wildman–Crippen LogP) is 1.48. The standard InChI is InChI=1S/C16H19N3O4S/c1-10-4-5-12(8-11(10)2)24(22,23)19-7-6-14-13(9-19)15(16(20)21)17-18(14)3/h4-5,8H,6-7,9H2,1-3H3,(H,20,21). The van der Waals surface area contributed by atoms with Crippen LogP contribution in [0.2, 0.25) is 0 Å². The van der Waals surface area contributed by atoms with Crippen molar-refractivity contribution >= 4 is 16.0 Å². The second-order valence-corrected chi connectivity index (χ2v) is 7.98. The molecule has 1 aliphatic rings. The molecule has 1 aromatic heterocycles. The van der Waals surface area contributed by atoms with E-state index in [0.717, 1.165) is 16.8 Å². The van der Waals surface area contributed by atoms with Crippen molar-refractivity contribution in [3.05, 3.63) is 46.3 Å². The van der Waals surface area contributed by atoms with E-state index in [0.29, 0.717) is 18.5 Å². The Morgan fingerprint density at radius 3 is 2.58 bits per heavy atom. The van der Waals surface area contributed by atoms with Crippen LogP contribution in [0.4, 0.5) is 0 Å². The lowest BCUT2D eigenvalue weighted by Crippen LogP contribution is -2.36. The van der Waals surface area contributed by atoms with Crippen LogP contribution in [0.3, 0.4) is 0 Å². The van der Waals surface area contributed by atoms with Crippen molar-refractivity contribution in [1.29, 1.82) is 0 Å². The Morgan fingerprint density at radius 1 is 1.25 bits per heavy atom. The molecule has 2 heterocycles. The Labute approximate surface area is 140 Å². The third-order valence-electron chi connectivity index (χ3n) is 4.53. The molecule has 1 aromatic carbocycles. The number of aryl methyl sites for hydroxylation is 3. The van der Waals surface area contributed by atoms with Crippen molar-refractivity contribution in [2.45, 2.75) is 31.7 Å². The Morgan fingerprint density at radius 2 is 1.96 bits per heavy atom. The highest BCUT2D eigenvalue weighted by Gasteiger charge is 2.33. The maximum atomic E-state index is 12.9. The average Bonchev–Trinajstić information content (AvgIpc) is 2.87. The van der Waals surface area contributed by atoms with Gasteiger partial charge in [0.2, 0.25) is 10.0 Å². The molecule has 1 N–H and O–H groups in total. The first-order valence-electron chi connectivity index (χ1n) is 7.57. The number of fused-ring (bicyclic) bond motifs is 1. The van der Waals surface area contributed by atoms with Gasteiger partial charge in [-0.15, -0.1) is 0 Å². The fraction of sp³-hybridized carbons (Fsp3) is 0.375. The topological polar surface area (TPSA) is 92.5 Å². The van der Waals surface area contributed by atoms with Gasteiger partial charge >= 0.3 is 5.97 Å². The van der Waals surface area contributed by atoms with E-state index in [2.05, 4.69) is 5.10 Å². The van der Waals surface area contributed by atoms with E-state index in [4.69, 9.17) is 0 Å². The summed E-state index contributed by atoms with van der Waals surface area (Å²) in [5.41, 5.74) is 3.10. The smallest absolute Gasteiger partial charge is 0.356 e. The molecule has 0 amide bonds. The summed E-state index contributed by atoms with van der Waals surface area (Å²) in [7, 11) is -1.99. The van der Waals surface area contributed by atoms with Crippen molar-refractivity contribution in [1.82, 2.24) is 14.1 Å². The summed E-state index contributed by atoms with van der Waals surface area (Å²) in [6.07, 6.45) is 0.441. The Hall–Kier alpha value is -2.19. The number of nitrogens with zero attached hydrogens (tertiary/aromatic N) is 3. The van der Waals surface area contributed by atoms with Crippen molar-refractivity contribution in [2.75, 3.05) is 6.54 Å². The number of carboxylic acids is 1. The van der Waals surface area contributed by atoms with E-state index in [1.807, 2.05) is 13.8 Å². The van der Waals surface area contributed by atoms with Crippen LogP contribution in [-0.4, -0.2) is 40.1 Å². The quantitative estimate of drug-likeness (QED) is 0.906. The number of hydrogen-bond donors (Lipinski definition) is 1. The molecule has 0 fully saturated rings. The zero-order valence-electron chi connectivity index (χ0n) is 13.8. The van der Waals surface area contributed by atoms with Gasteiger partial charge in [0.1, 0.15) is 0 Å².